The molecule has 0 unspecified atom stereocenters. The van der Waals surface area contributed by atoms with E-state index < -0.39 is 23.6 Å². The van der Waals surface area contributed by atoms with Gasteiger partial charge in [0, 0.05) is 12.2 Å². The van der Waals surface area contributed by atoms with Crippen molar-refractivity contribution in [3.05, 3.63) is 65.7 Å². The average molecular weight is 330 g/mol. The van der Waals surface area contributed by atoms with Crippen LogP contribution in [0.4, 0.5) is 14.5 Å². The van der Waals surface area contributed by atoms with Crippen molar-refractivity contribution in [2.75, 3.05) is 11.9 Å². The van der Waals surface area contributed by atoms with Crippen LogP contribution in [0.25, 0.3) is 0 Å². The summed E-state index contributed by atoms with van der Waals surface area (Å²) in [5.41, 5.74) is 0.271. The molecule has 0 aliphatic carbocycles. The smallest absolute Gasteiger partial charge is 0.257 e. The Kier molecular flexibility index (Phi) is 4.55. The molecule has 2 aromatic rings. The number of para-hydroxylation sites is 1. The lowest BCUT2D eigenvalue weighted by Crippen LogP contribution is -2.43. The third-order valence-electron chi connectivity index (χ3n) is 4.02. The maximum absolute atomic E-state index is 13.8. The summed E-state index contributed by atoms with van der Waals surface area (Å²) in [7, 11) is 0. The molecule has 124 valence electrons. The fourth-order valence-corrected chi connectivity index (χ4v) is 2.85. The van der Waals surface area contributed by atoms with Gasteiger partial charge < -0.3 is 10.2 Å². The third kappa shape index (κ3) is 3.27. The van der Waals surface area contributed by atoms with E-state index in [9.17, 15) is 18.4 Å². The number of amides is 2. The average Bonchev–Trinajstić information content (AvgIpc) is 3.07. The number of nitrogens with one attached hydrogen (secondary N) is 1. The number of likely N-dealkylation sites (tertiary alicyclic amines) is 1. The Morgan fingerprint density at radius 3 is 2.58 bits per heavy atom. The quantitative estimate of drug-likeness (QED) is 0.939. The highest BCUT2D eigenvalue weighted by molar-refractivity contribution is 6.01. The fourth-order valence-electron chi connectivity index (χ4n) is 2.85. The predicted octanol–water partition coefficient (Wildman–Crippen LogP) is 3.21. The van der Waals surface area contributed by atoms with Crippen LogP contribution in [-0.2, 0) is 4.79 Å². The summed E-state index contributed by atoms with van der Waals surface area (Å²) in [6.45, 7) is 0.335. The van der Waals surface area contributed by atoms with E-state index in [4.69, 9.17) is 0 Å². The van der Waals surface area contributed by atoms with Gasteiger partial charge in [0.15, 0.2) is 0 Å². The number of anilines is 1. The second-order valence-electron chi connectivity index (χ2n) is 5.64. The van der Waals surface area contributed by atoms with E-state index >= 15 is 0 Å². The molecule has 1 saturated heterocycles. The van der Waals surface area contributed by atoms with Crippen LogP contribution >= 0.6 is 0 Å². The van der Waals surface area contributed by atoms with Crippen LogP contribution in [0.2, 0.25) is 0 Å². The summed E-state index contributed by atoms with van der Waals surface area (Å²) in [6, 6.07) is 10.9. The van der Waals surface area contributed by atoms with Gasteiger partial charge in [0.1, 0.15) is 17.7 Å². The number of nitrogens with zero attached hydrogens (tertiary/aromatic N) is 1. The molecule has 1 fully saturated rings. The molecule has 2 aromatic carbocycles. The number of benzene rings is 2. The van der Waals surface area contributed by atoms with E-state index in [2.05, 4.69) is 5.32 Å². The molecule has 1 atom stereocenters. The van der Waals surface area contributed by atoms with Crippen LogP contribution < -0.4 is 5.32 Å². The van der Waals surface area contributed by atoms with Gasteiger partial charge in [-0.25, -0.2) is 8.78 Å². The summed E-state index contributed by atoms with van der Waals surface area (Å²) >= 11 is 0. The summed E-state index contributed by atoms with van der Waals surface area (Å²) < 4.78 is 27.2. The molecule has 1 aliphatic rings. The normalized spacial score (nSPS) is 16.9. The number of carbonyl (C=O) groups excluding carboxylic acids is 2. The summed E-state index contributed by atoms with van der Waals surface area (Å²) in [5, 5.41) is 2.75. The summed E-state index contributed by atoms with van der Waals surface area (Å²) in [6.07, 6.45) is 1.12. The number of carbonyl (C=O) groups is 2. The molecular weight excluding hydrogens is 314 g/mol. The highest BCUT2D eigenvalue weighted by Crippen LogP contribution is 2.23. The van der Waals surface area contributed by atoms with Gasteiger partial charge in [-0.2, -0.15) is 0 Å². The molecule has 24 heavy (non-hydrogen) atoms. The zero-order chi connectivity index (χ0) is 17.1. The van der Waals surface area contributed by atoms with Crippen LogP contribution in [0.1, 0.15) is 23.2 Å². The molecular formula is C18H16F2N2O2. The minimum absolute atomic E-state index is 0.330. The third-order valence-corrected chi connectivity index (χ3v) is 4.02. The van der Waals surface area contributed by atoms with Crippen LogP contribution in [0.5, 0.6) is 0 Å². The largest absolute Gasteiger partial charge is 0.327 e. The van der Waals surface area contributed by atoms with E-state index in [0.29, 0.717) is 25.1 Å². The molecule has 1 heterocycles. The maximum atomic E-state index is 13.8. The summed E-state index contributed by atoms with van der Waals surface area (Å²) in [5.74, 6) is -2.48. The van der Waals surface area contributed by atoms with Gasteiger partial charge >= 0.3 is 0 Å². The second kappa shape index (κ2) is 6.78. The minimum Gasteiger partial charge on any atom is -0.327 e. The van der Waals surface area contributed by atoms with Gasteiger partial charge in [-0.1, -0.05) is 18.2 Å². The molecule has 0 aromatic heterocycles. The molecule has 0 bridgehead atoms. The molecule has 1 aliphatic heterocycles. The zero-order valence-corrected chi connectivity index (χ0v) is 12.8. The second-order valence-corrected chi connectivity index (χ2v) is 5.64. The Labute approximate surface area is 138 Å². The van der Waals surface area contributed by atoms with Gasteiger partial charge in [0.25, 0.3) is 5.91 Å². The molecule has 1 N–H and O–H groups in total. The van der Waals surface area contributed by atoms with E-state index in [1.807, 2.05) is 6.07 Å². The van der Waals surface area contributed by atoms with Gasteiger partial charge in [-0.3, -0.25) is 9.59 Å². The highest BCUT2D eigenvalue weighted by Gasteiger charge is 2.35. The zero-order valence-electron chi connectivity index (χ0n) is 12.8. The Morgan fingerprint density at radius 2 is 1.83 bits per heavy atom. The van der Waals surface area contributed by atoms with Crippen LogP contribution in [0.3, 0.4) is 0 Å². The maximum Gasteiger partial charge on any atom is 0.257 e. The first kappa shape index (κ1) is 16.1. The first-order chi connectivity index (χ1) is 11.6. The van der Waals surface area contributed by atoms with E-state index in [1.54, 1.807) is 24.3 Å². The number of hydrogen-bond donors (Lipinski definition) is 1. The predicted molar refractivity (Wildman–Crippen MR) is 85.5 cm³/mol. The SMILES string of the molecule is O=C(Nc1ccccc1)[C@@H]1CCCN1C(=O)c1cc(F)ccc1F. The van der Waals surface area contributed by atoms with Gasteiger partial charge in [-0.05, 0) is 43.2 Å². The number of hydrogen-bond acceptors (Lipinski definition) is 2. The number of halogens is 2. The minimum atomic E-state index is -0.796. The van der Waals surface area contributed by atoms with Crippen molar-refractivity contribution in [3.63, 3.8) is 0 Å². The van der Waals surface area contributed by atoms with E-state index in [-0.39, 0.29) is 11.5 Å². The van der Waals surface area contributed by atoms with Gasteiger partial charge in [-0.15, -0.1) is 0 Å². The molecule has 3 rings (SSSR count). The lowest BCUT2D eigenvalue weighted by Gasteiger charge is -2.24. The molecule has 0 spiro atoms. The first-order valence-electron chi connectivity index (χ1n) is 7.68. The first-order valence-corrected chi connectivity index (χ1v) is 7.68. The van der Waals surface area contributed by atoms with Crippen molar-refractivity contribution in [1.82, 2.24) is 4.90 Å². The van der Waals surface area contributed by atoms with Crippen molar-refractivity contribution in [3.8, 4) is 0 Å². The van der Waals surface area contributed by atoms with Crippen molar-refractivity contribution in [2.45, 2.75) is 18.9 Å². The van der Waals surface area contributed by atoms with Gasteiger partial charge in [0.2, 0.25) is 5.91 Å². The standard InChI is InChI=1S/C18H16F2N2O2/c19-12-8-9-15(20)14(11-12)18(24)22-10-4-7-16(22)17(23)21-13-5-2-1-3-6-13/h1-3,5-6,8-9,11,16H,4,7,10H2,(H,21,23)/t16-/m0/s1. The summed E-state index contributed by atoms with van der Waals surface area (Å²) in [4.78, 5) is 26.3. The molecule has 2 amide bonds. The number of rotatable bonds is 3. The van der Waals surface area contributed by atoms with Gasteiger partial charge in [0.05, 0.1) is 5.56 Å². The lowest BCUT2D eigenvalue weighted by molar-refractivity contribution is -0.119. The van der Waals surface area contributed by atoms with E-state index in [0.717, 1.165) is 18.2 Å². The van der Waals surface area contributed by atoms with Crippen LogP contribution in [0.15, 0.2) is 48.5 Å². The van der Waals surface area contributed by atoms with Crippen molar-refractivity contribution < 1.29 is 18.4 Å². The Bertz CT molecular complexity index is 765. The van der Waals surface area contributed by atoms with Crippen LogP contribution in [0, 0.1) is 11.6 Å². The van der Waals surface area contributed by atoms with Crippen molar-refractivity contribution in [2.24, 2.45) is 0 Å². The Balaban J connectivity index is 1.78. The van der Waals surface area contributed by atoms with Crippen molar-refractivity contribution >= 4 is 17.5 Å². The fraction of sp³-hybridized carbons (Fsp3) is 0.222. The topological polar surface area (TPSA) is 49.4 Å². The molecule has 0 radical (unpaired) electrons. The Morgan fingerprint density at radius 1 is 1.08 bits per heavy atom. The lowest BCUT2D eigenvalue weighted by atomic mass is 10.1. The monoisotopic (exact) mass is 330 g/mol. The molecule has 0 saturated carbocycles. The van der Waals surface area contributed by atoms with E-state index in [1.165, 1.54) is 4.90 Å². The van der Waals surface area contributed by atoms with Crippen LogP contribution in [-0.4, -0.2) is 29.3 Å². The molecule has 4 nitrogen and oxygen atoms in total. The Hall–Kier alpha value is -2.76. The highest BCUT2D eigenvalue weighted by atomic mass is 19.1. The molecule has 6 heteroatoms. The van der Waals surface area contributed by atoms with Crippen molar-refractivity contribution in [1.29, 1.82) is 0 Å².